The average Bonchev–Trinajstić information content (AvgIpc) is 2.79. The number of aliphatic carboxylic acids is 1. The van der Waals surface area contributed by atoms with Crippen molar-refractivity contribution in [2.75, 3.05) is 13.1 Å². The number of aliphatic imine (C=N–C) groups is 1. The highest BCUT2D eigenvalue weighted by Crippen LogP contribution is 2.06. The van der Waals surface area contributed by atoms with Crippen molar-refractivity contribution in [2.45, 2.75) is 43.8 Å². The van der Waals surface area contributed by atoms with Crippen molar-refractivity contribution in [3.63, 3.8) is 0 Å². The van der Waals surface area contributed by atoms with E-state index in [1.807, 2.05) is 0 Å². The molecule has 0 fully saturated rings. The minimum absolute atomic E-state index is 0.0279. The molecular formula is C21H32N8O6. The summed E-state index contributed by atoms with van der Waals surface area (Å²) in [7, 11) is 0. The Balaban J connectivity index is 3.06. The second-order valence-electron chi connectivity index (χ2n) is 7.59. The molecule has 12 N–H and O–H groups in total. The van der Waals surface area contributed by atoms with Gasteiger partial charge in [0.25, 0.3) is 0 Å². The lowest BCUT2D eigenvalue weighted by molar-refractivity contribution is -0.143. The number of guanidine groups is 1. The number of rotatable bonds is 15. The number of amides is 4. The Labute approximate surface area is 201 Å². The molecule has 0 radical (unpaired) electrons. The predicted molar refractivity (Wildman–Crippen MR) is 126 cm³/mol. The molecule has 0 aliphatic carbocycles. The maximum Gasteiger partial charge on any atom is 0.326 e. The molecule has 3 atom stereocenters. The maximum atomic E-state index is 13.0. The number of hydrogen-bond acceptors (Lipinski definition) is 7. The Bertz CT molecular complexity index is 920. The SMILES string of the molecule is NCC(=O)NC(Cc1ccccc1)C(=O)NC(CCCN=C(N)N)C(=O)NC(CC(N)=O)C(=O)O. The lowest BCUT2D eigenvalue weighted by Gasteiger charge is -2.24. The Morgan fingerprint density at radius 1 is 0.886 bits per heavy atom. The van der Waals surface area contributed by atoms with E-state index in [2.05, 4.69) is 20.9 Å². The summed E-state index contributed by atoms with van der Waals surface area (Å²) in [5.41, 5.74) is 21.7. The zero-order valence-electron chi connectivity index (χ0n) is 19.1. The van der Waals surface area contributed by atoms with Crippen molar-refractivity contribution in [3.05, 3.63) is 35.9 Å². The van der Waals surface area contributed by atoms with E-state index >= 15 is 0 Å². The number of nitrogens with zero attached hydrogens (tertiary/aromatic N) is 1. The van der Waals surface area contributed by atoms with Crippen LogP contribution in [-0.2, 0) is 30.4 Å². The van der Waals surface area contributed by atoms with Gasteiger partial charge in [-0.1, -0.05) is 30.3 Å². The molecule has 0 saturated carbocycles. The summed E-state index contributed by atoms with van der Waals surface area (Å²) < 4.78 is 0. The summed E-state index contributed by atoms with van der Waals surface area (Å²) in [6.07, 6.45) is -0.248. The molecule has 192 valence electrons. The normalized spacial score (nSPS) is 12.9. The van der Waals surface area contributed by atoms with E-state index in [1.54, 1.807) is 30.3 Å². The standard InChI is InChI=1S/C21H32N8O6/c22-11-17(31)27-14(9-12-5-2-1-3-6-12)19(33)28-13(7-4-8-26-21(24)25)18(32)29-15(20(34)35)10-16(23)30/h1-3,5-6,13-15H,4,7-11,22H2,(H2,23,30)(H,27,31)(H,28,33)(H,29,32)(H,34,35)(H4,24,25,26). The van der Waals surface area contributed by atoms with Crippen LogP contribution in [0.2, 0.25) is 0 Å². The molecule has 0 aliphatic heterocycles. The first-order chi connectivity index (χ1) is 16.5. The lowest BCUT2D eigenvalue weighted by Crippen LogP contribution is -2.57. The third-order valence-electron chi connectivity index (χ3n) is 4.72. The quantitative estimate of drug-likeness (QED) is 0.0690. The average molecular weight is 493 g/mol. The fraction of sp³-hybridized carbons (Fsp3) is 0.429. The topological polar surface area (TPSA) is 258 Å². The third-order valence-corrected chi connectivity index (χ3v) is 4.72. The van der Waals surface area contributed by atoms with Crippen molar-refractivity contribution in [3.8, 4) is 0 Å². The minimum Gasteiger partial charge on any atom is -0.480 e. The van der Waals surface area contributed by atoms with Gasteiger partial charge in [0.2, 0.25) is 23.6 Å². The molecule has 1 aromatic carbocycles. The van der Waals surface area contributed by atoms with Crippen molar-refractivity contribution in [1.29, 1.82) is 0 Å². The molecule has 14 nitrogen and oxygen atoms in total. The van der Waals surface area contributed by atoms with Crippen LogP contribution in [0.5, 0.6) is 0 Å². The van der Waals surface area contributed by atoms with Crippen LogP contribution in [0.25, 0.3) is 0 Å². The highest BCUT2D eigenvalue weighted by Gasteiger charge is 2.30. The summed E-state index contributed by atoms with van der Waals surface area (Å²) in [6.45, 7) is -0.211. The van der Waals surface area contributed by atoms with Gasteiger partial charge in [0.1, 0.15) is 18.1 Å². The van der Waals surface area contributed by atoms with Crippen molar-refractivity contribution in [1.82, 2.24) is 16.0 Å². The zero-order chi connectivity index (χ0) is 26.4. The fourth-order valence-electron chi connectivity index (χ4n) is 3.03. The number of benzene rings is 1. The van der Waals surface area contributed by atoms with Gasteiger partial charge in [0.05, 0.1) is 13.0 Å². The Hall–Kier alpha value is -4.20. The number of carbonyl (C=O) groups excluding carboxylic acids is 4. The monoisotopic (exact) mass is 492 g/mol. The lowest BCUT2D eigenvalue weighted by atomic mass is 10.0. The molecule has 4 amide bonds. The largest absolute Gasteiger partial charge is 0.480 e. The molecule has 1 rings (SSSR count). The highest BCUT2D eigenvalue weighted by atomic mass is 16.4. The molecule has 1 aromatic rings. The van der Waals surface area contributed by atoms with Gasteiger partial charge in [-0.25, -0.2) is 4.79 Å². The Morgan fingerprint density at radius 2 is 1.49 bits per heavy atom. The number of carboxylic acid groups (broad SMARTS) is 1. The van der Waals surface area contributed by atoms with E-state index in [0.29, 0.717) is 0 Å². The Morgan fingerprint density at radius 3 is 2.03 bits per heavy atom. The molecule has 0 aromatic heterocycles. The molecule has 0 bridgehead atoms. The third kappa shape index (κ3) is 11.5. The van der Waals surface area contributed by atoms with E-state index in [-0.39, 0.29) is 38.3 Å². The van der Waals surface area contributed by atoms with Crippen LogP contribution in [0.1, 0.15) is 24.8 Å². The molecule has 0 saturated heterocycles. The first-order valence-electron chi connectivity index (χ1n) is 10.7. The number of nitrogens with two attached hydrogens (primary N) is 4. The van der Waals surface area contributed by atoms with E-state index in [4.69, 9.17) is 22.9 Å². The molecule has 35 heavy (non-hydrogen) atoms. The summed E-state index contributed by atoms with van der Waals surface area (Å²) in [5.74, 6) is -4.70. The van der Waals surface area contributed by atoms with Gasteiger partial charge in [0.15, 0.2) is 5.96 Å². The number of carboxylic acids is 1. The van der Waals surface area contributed by atoms with Gasteiger partial charge in [0, 0.05) is 13.0 Å². The Kier molecular flexibility index (Phi) is 12.2. The molecule has 14 heteroatoms. The molecular weight excluding hydrogens is 460 g/mol. The summed E-state index contributed by atoms with van der Waals surface area (Å²) in [6, 6.07) is 4.96. The number of nitrogens with one attached hydrogen (secondary N) is 3. The summed E-state index contributed by atoms with van der Waals surface area (Å²) >= 11 is 0. The maximum absolute atomic E-state index is 13.0. The highest BCUT2D eigenvalue weighted by molar-refractivity contribution is 5.94. The zero-order valence-corrected chi connectivity index (χ0v) is 19.1. The van der Waals surface area contributed by atoms with E-state index in [0.717, 1.165) is 5.56 Å². The molecule has 3 unspecified atom stereocenters. The second-order valence-corrected chi connectivity index (χ2v) is 7.59. The van der Waals surface area contributed by atoms with Crippen LogP contribution in [-0.4, -0.2) is 71.9 Å². The molecule has 0 heterocycles. The van der Waals surface area contributed by atoms with Crippen LogP contribution in [0, 0.1) is 0 Å². The van der Waals surface area contributed by atoms with Crippen LogP contribution in [0.15, 0.2) is 35.3 Å². The van der Waals surface area contributed by atoms with Crippen LogP contribution >= 0.6 is 0 Å². The van der Waals surface area contributed by atoms with Crippen LogP contribution in [0.4, 0.5) is 0 Å². The minimum atomic E-state index is -1.59. The van der Waals surface area contributed by atoms with Crippen LogP contribution < -0.4 is 38.9 Å². The van der Waals surface area contributed by atoms with Gasteiger partial charge < -0.3 is 44.0 Å². The second kappa shape index (κ2) is 14.8. The van der Waals surface area contributed by atoms with Gasteiger partial charge >= 0.3 is 5.97 Å². The van der Waals surface area contributed by atoms with Crippen LogP contribution in [0.3, 0.4) is 0 Å². The summed E-state index contributed by atoms with van der Waals surface area (Å²) in [5, 5.41) is 16.5. The molecule has 0 spiro atoms. The fourth-order valence-corrected chi connectivity index (χ4v) is 3.03. The van der Waals surface area contributed by atoms with E-state index in [9.17, 15) is 29.1 Å². The molecule has 0 aliphatic rings. The van der Waals surface area contributed by atoms with Crippen molar-refractivity contribution >= 4 is 35.6 Å². The predicted octanol–water partition coefficient (Wildman–Crippen LogP) is -3.34. The number of primary amides is 1. The summed E-state index contributed by atoms with van der Waals surface area (Å²) in [4.78, 5) is 64.1. The van der Waals surface area contributed by atoms with E-state index < -0.39 is 54.1 Å². The first kappa shape index (κ1) is 28.8. The van der Waals surface area contributed by atoms with Gasteiger partial charge in [-0.05, 0) is 18.4 Å². The number of hydrogen-bond donors (Lipinski definition) is 8. The van der Waals surface area contributed by atoms with Crippen molar-refractivity contribution in [2.24, 2.45) is 27.9 Å². The van der Waals surface area contributed by atoms with Gasteiger partial charge in [-0.3, -0.25) is 24.2 Å². The van der Waals surface area contributed by atoms with Crippen molar-refractivity contribution < 1.29 is 29.1 Å². The van der Waals surface area contributed by atoms with Gasteiger partial charge in [-0.15, -0.1) is 0 Å². The van der Waals surface area contributed by atoms with E-state index in [1.165, 1.54) is 0 Å². The first-order valence-corrected chi connectivity index (χ1v) is 10.7. The van der Waals surface area contributed by atoms with Gasteiger partial charge in [-0.2, -0.15) is 0 Å². The number of carbonyl (C=O) groups is 5. The smallest absolute Gasteiger partial charge is 0.326 e.